The molecule has 0 aromatic heterocycles. The third-order valence-electron chi connectivity index (χ3n) is 0.534. The number of hydrogen-bond donors (Lipinski definition) is 1. The lowest BCUT2D eigenvalue weighted by Gasteiger charge is -1.91. The van der Waals surface area contributed by atoms with E-state index in [1.807, 2.05) is 6.92 Å². The van der Waals surface area contributed by atoms with Gasteiger partial charge in [0.1, 0.15) is 0 Å². The quantitative estimate of drug-likeness (QED) is 0.436. The molecule has 0 amide bonds. The minimum atomic E-state index is -0.347. The Morgan fingerprint density at radius 1 is 1.70 bits per heavy atom. The van der Waals surface area contributed by atoms with E-state index in [2.05, 4.69) is 11.3 Å². The van der Waals surface area contributed by atoms with Crippen LogP contribution in [0.5, 0.6) is 0 Å². The average molecular weight is 145 g/mol. The van der Waals surface area contributed by atoms with Gasteiger partial charge in [-0.15, -0.1) is 0 Å². The van der Waals surface area contributed by atoms with Crippen molar-refractivity contribution in [3.63, 3.8) is 0 Å². The summed E-state index contributed by atoms with van der Waals surface area (Å²) in [5.41, 5.74) is 5.28. The molecule has 0 aromatic carbocycles. The lowest BCUT2D eigenvalue weighted by atomic mass is 10.4. The Labute approximate surface area is 61.9 Å². The lowest BCUT2D eigenvalue weighted by Crippen LogP contribution is -1.98. The first-order chi connectivity index (χ1) is 4.59. The van der Waals surface area contributed by atoms with Crippen LogP contribution >= 0.6 is 0 Å². The van der Waals surface area contributed by atoms with Crippen LogP contribution in [0, 0.1) is 0 Å². The molecule has 0 saturated carbocycles. The SMILES string of the molecule is C=C(C)C(=O)OC.CCN. The van der Waals surface area contributed by atoms with Gasteiger partial charge in [-0.25, -0.2) is 4.79 Å². The Morgan fingerprint density at radius 3 is 2.00 bits per heavy atom. The second kappa shape index (κ2) is 8.17. The number of rotatable bonds is 1. The number of nitrogens with two attached hydrogens (primary N) is 1. The van der Waals surface area contributed by atoms with Crippen LogP contribution in [0.4, 0.5) is 0 Å². The molecule has 0 radical (unpaired) electrons. The summed E-state index contributed by atoms with van der Waals surface area (Å²) in [6.45, 7) is 7.61. The van der Waals surface area contributed by atoms with Crippen molar-refractivity contribution in [3.8, 4) is 0 Å². The van der Waals surface area contributed by atoms with Crippen LogP contribution < -0.4 is 5.73 Å². The smallest absolute Gasteiger partial charge is 0.332 e. The minimum Gasteiger partial charge on any atom is -0.466 e. The van der Waals surface area contributed by atoms with Crippen LogP contribution in [0.25, 0.3) is 0 Å². The summed E-state index contributed by atoms with van der Waals surface area (Å²) in [5, 5.41) is 0. The van der Waals surface area contributed by atoms with Crippen molar-refractivity contribution in [2.75, 3.05) is 13.7 Å². The molecule has 60 valence electrons. The molecule has 0 fully saturated rings. The van der Waals surface area contributed by atoms with Crippen molar-refractivity contribution in [1.29, 1.82) is 0 Å². The summed E-state index contributed by atoms with van der Waals surface area (Å²) in [7, 11) is 1.33. The van der Waals surface area contributed by atoms with Gasteiger partial charge < -0.3 is 10.5 Å². The molecule has 2 N–H and O–H groups in total. The second-order valence-corrected chi connectivity index (χ2v) is 1.68. The fourth-order valence-corrected chi connectivity index (χ4v) is 0.174. The van der Waals surface area contributed by atoms with Gasteiger partial charge in [0.2, 0.25) is 0 Å². The number of ether oxygens (including phenoxy) is 1. The Bertz CT molecular complexity index is 110. The van der Waals surface area contributed by atoms with E-state index in [1.54, 1.807) is 6.92 Å². The Hall–Kier alpha value is -0.830. The number of hydrogen-bond acceptors (Lipinski definition) is 3. The van der Waals surface area contributed by atoms with E-state index in [9.17, 15) is 4.79 Å². The summed E-state index contributed by atoms with van der Waals surface area (Å²) in [6, 6.07) is 0. The fourth-order valence-electron chi connectivity index (χ4n) is 0.174. The normalized spacial score (nSPS) is 7.20. The van der Waals surface area contributed by atoms with E-state index in [-0.39, 0.29) is 5.97 Å². The number of carbonyl (C=O) groups is 1. The van der Waals surface area contributed by atoms with Crippen LogP contribution in [-0.2, 0) is 9.53 Å². The zero-order valence-electron chi connectivity index (χ0n) is 6.81. The van der Waals surface area contributed by atoms with Crippen molar-refractivity contribution in [2.45, 2.75) is 13.8 Å². The molecule has 3 heteroatoms. The maximum Gasteiger partial charge on any atom is 0.332 e. The maximum atomic E-state index is 10.2. The maximum absolute atomic E-state index is 10.2. The number of carbonyl (C=O) groups excluding carboxylic acids is 1. The van der Waals surface area contributed by atoms with Crippen LogP contribution in [0.2, 0.25) is 0 Å². The van der Waals surface area contributed by atoms with Gasteiger partial charge in [0, 0.05) is 5.57 Å². The minimum absolute atomic E-state index is 0.347. The van der Waals surface area contributed by atoms with Gasteiger partial charge in [-0.2, -0.15) is 0 Å². The van der Waals surface area contributed by atoms with Crippen molar-refractivity contribution < 1.29 is 9.53 Å². The molecular formula is C7H15NO2. The highest BCUT2D eigenvalue weighted by Crippen LogP contribution is 1.87. The Kier molecular flexibility index (Phi) is 9.73. The molecule has 0 bridgehead atoms. The van der Waals surface area contributed by atoms with E-state index in [4.69, 9.17) is 5.73 Å². The largest absolute Gasteiger partial charge is 0.466 e. The molecular weight excluding hydrogens is 130 g/mol. The monoisotopic (exact) mass is 145 g/mol. The third kappa shape index (κ3) is 10.2. The Morgan fingerprint density at radius 2 is 2.00 bits per heavy atom. The zero-order chi connectivity index (χ0) is 8.57. The first-order valence-electron chi connectivity index (χ1n) is 3.04. The molecule has 3 nitrogen and oxygen atoms in total. The summed E-state index contributed by atoms with van der Waals surface area (Å²) in [4.78, 5) is 10.2. The number of methoxy groups -OCH3 is 1. The molecule has 0 aliphatic rings. The first kappa shape index (κ1) is 11.9. The van der Waals surface area contributed by atoms with Gasteiger partial charge in [0.25, 0.3) is 0 Å². The summed E-state index contributed by atoms with van der Waals surface area (Å²) in [6.07, 6.45) is 0. The van der Waals surface area contributed by atoms with Gasteiger partial charge in [0.05, 0.1) is 7.11 Å². The van der Waals surface area contributed by atoms with Crippen LogP contribution in [-0.4, -0.2) is 19.6 Å². The van der Waals surface area contributed by atoms with Gasteiger partial charge in [0.15, 0.2) is 0 Å². The fraction of sp³-hybridized carbons (Fsp3) is 0.571. The highest BCUT2D eigenvalue weighted by atomic mass is 16.5. The highest BCUT2D eigenvalue weighted by molar-refractivity contribution is 5.86. The molecule has 0 rings (SSSR count). The van der Waals surface area contributed by atoms with Crippen molar-refractivity contribution >= 4 is 5.97 Å². The summed E-state index contributed by atoms with van der Waals surface area (Å²) in [5.74, 6) is -0.347. The van der Waals surface area contributed by atoms with Gasteiger partial charge in [-0.3, -0.25) is 0 Å². The molecule has 10 heavy (non-hydrogen) atoms. The first-order valence-corrected chi connectivity index (χ1v) is 3.04. The standard InChI is InChI=1S/C5H8O2.C2H7N/c1-4(2)5(6)7-3;1-2-3/h1H2,2-3H3;2-3H2,1H3. The third-order valence-corrected chi connectivity index (χ3v) is 0.534. The summed E-state index contributed by atoms with van der Waals surface area (Å²) >= 11 is 0. The van der Waals surface area contributed by atoms with Gasteiger partial charge >= 0.3 is 5.97 Å². The van der Waals surface area contributed by atoms with Crippen molar-refractivity contribution in [2.24, 2.45) is 5.73 Å². The average Bonchev–Trinajstić information content (AvgIpc) is 1.88. The molecule has 0 atom stereocenters. The number of esters is 1. The van der Waals surface area contributed by atoms with Crippen LogP contribution in [0.1, 0.15) is 13.8 Å². The van der Waals surface area contributed by atoms with Crippen molar-refractivity contribution in [3.05, 3.63) is 12.2 Å². The molecule has 0 aromatic rings. The van der Waals surface area contributed by atoms with Crippen LogP contribution in [0.3, 0.4) is 0 Å². The van der Waals surface area contributed by atoms with E-state index in [0.29, 0.717) is 5.57 Å². The second-order valence-electron chi connectivity index (χ2n) is 1.68. The van der Waals surface area contributed by atoms with E-state index in [1.165, 1.54) is 7.11 Å². The molecule has 0 unspecified atom stereocenters. The zero-order valence-corrected chi connectivity index (χ0v) is 6.81. The predicted octanol–water partition coefficient (Wildman–Crippen LogP) is 0.701. The van der Waals surface area contributed by atoms with Gasteiger partial charge in [-0.1, -0.05) is 13.5 Å². The topological polar surface area (TPSA) is 52.3 Å². The van der Waals surface area contributed by atoms with E-state index >= 15 is 0 Å². The molecule has 0 heterocycles. The highest BCUT2D eigenvalue weighted by Gasteiger charge is 1.95. The molecule has 0 aliphatic heterocycles. The van der Waals surface area contributed by atoms with Crippen LogP contribution in [0.15, 0.2) is 12.2 Å². The van der Waals surface area contributed by atoms with E-state index in [0.717, 1.165) is 6.54 Å². The lowest BCUT2D eigenvalue weighted by molar-refractivity contribution is -0.136. The van der Waals surface area contributed by atoms with E-state index < -0.39 is 0 Å². The van der Waals surface area contributed by atoms with Crippen molar-refractivity contribution in [1.82, 2.24) is 0 Å². The summed E-state index contributed by atoms with van der Waals surface area (Å²) < 4.78 is 4.27. The molecule has 0 aliphatic carbocycles. The Balaban J connectivity index is 0. The van der Waals surface area contributed by atoms with Gasteiger partial charge in [-0.05, 0) is 13.5 Å². The molecule has 0 spiro atoms. The molecule has 0 saturated heterocycles. The predicted molar refractivity (Wildman–Crippen MR) is 41.6 cm³/mol.